The Labute approximate surface area is 200 Å². The number of hydrogen-bond acceptors (Lipinski definition) is 7. The minimum atomic E-state index is -3.82. The summed E-state index contributed by atoms with van der Waals surface area (Å²) in [6.07, 6.45) is 3.53. The van der Waals surface area contributed by atoms with Gasteiger partial charge in [-0.1, -0.05) is 12.5 Å². The van der Waals surface area contributed by atoms with E-state index in [1.165, 1.54) is 42.8 Å². The first kappa shape index (κ1) is 25.8. The van der Waals surface area contributed by atoms with Crippen LogP contribution >= 0.6 is 0 Å². The summed E-state index contributed by atoms with van der Waals surface area (Å²) in [6, 6.07) is 10.6. The van der Waals surface area contributed by atoms with Crippen molar-refractivity contribution >= 4 is 37.3 Å². The number of anilines is 2. The molecule has 0 bridgehead atoms. The van der Waals surface area contributed by atoms with Crippen molar-refractivity contribution in [1.29, 1.82) is 0 Å². The van der Waals surface area contributed by atoms with E-state index in [-0.39, 0.29) is 22.0 Å². The average Bonchev–Trinajstić information content (AvgIpc) is 2.82. The van der Waals surface area contributed by atoms with Crippen molar-refractivity contribution in [1.82, 2.24) is 4.31 Å². The molecule has 0 atom stereocenters. The largest absolute Gasteiger partial charge is 0.497 e. The van der Waals surface area contributed by atoms with Crippen molar-refractivity contribution in [3.05, 3.63) is 42.5 Å². The third kappa shape index (κ3) is 5.99. The molecule has 10 nitrogen and oxygen atoms in total. The van der Waals surface area contributed by atoms with Gasteiger partial charge < -0.3 is 14.8 Å². The predicted molar refractivity (Wildman–Crippen MR) is 129 cm³/mol. The summed E-state index contributed by atoms with van der Waals surface area (Å²) in [5, 5.41) is 2.59. The lowest BCUT2D eigenvalue weighted by molar-refractivity contribution is -0.114. The van der Waals surface area contributed by atoms with Gasteiger partial charge in [0.25, 0.3) is 0 Å². The molecule has 2 aromatic carbocycles. The minimum Gasteiger partial charge on any atom is -0.497 e. The molecule has 0 radical (unpaired) electrons. The smallest absolute Gasteiger partial charge is 0.246 e. The van der Waals surface area contributed by atoms with Crippen molar-refractivity contribution in [2.24, 2.45) is 0 Å². The molecule has 0 saturated carbocycles. The zero-order chi connectivity index (χ0) is 24.9. The Hall–Kier alpha value is -2.83. The monoisotopic (exact) mass is 511 g/mol. The summed E-state index contributed by atoms with van der Waals surface area (Å²) in [5.41, 5.74) is 0.473. The molecule has 0 unspecified atom stereocenters. The van der Waals surface area contributed by atoms with Gasteiger partial charge in [-0.05, 0) is 43.2 Å². The quantitative estimate of drug-likeness (QED) is 0.548. The molecule has 0 spiro atoms. The Morgan fingerprint density at radius 3 is 2.32 bits per heavy atom. The molecule has 1 fully saturated rings. The predicted octanol–water partition coefficient (Wildman–Crippen LogP) is 2.28. The van der Waals surface area contributed by atoms with Gasteiger partial charge in [0.05, 0.1) is 26.2 Å². The van der Waals surface area contributed by atoms with E-state index in [1.54, 1.807) is 18.2 Å². The van der Waals surface area contributed by atoms with Crippen LogP contribution in [0.1, 0.15) is 19.3 Å². The maximum absolute atomic E-state index is 13.2. The van der Waals surface area contributed by atoms with Crippen molar-refractivity contribution in [2.75, 3.05) is 49.7 Å². The summed E-state index contributed by atoms with van der Waals surface area (Å²) in [7, 11) is -4.79. The fraction of sp³-hybridized carbons (Fsp3) is 0.409. The molecule has 0 aromatic heterocycles. The van der Waals surface area contributed by atoms with E-state index in [1.807, 2.05) is 0 Å². The maximum atomic E-state index is 13.2. The molecule has 1 amide bonds. The van der Waals surface area contributed by atoms with Crippen molar-refractivity contribution in [2.45, 2.75) is 24.2 Å². The van der Waals surface area contributed by atoms with Crippen molar-refractivity contribution in [3.63, 3.8) is 0 Å². The number of benzene rings is 2. The Balaban J connectivity index is 1.85. The number of rotatable bonds is 9. The van der Waals surface area contributed by atoms with Gasteiger partial charge in [0.1, 0.15) is 22.9 Å². The zero-order valence-electron chi connectivity index (χ0n) is 19.4. The second kappa shape index (κ2) is 10.6. The molecular weight excluding hydrogens is 482 g/mol. The van der Waals surface area contributed by atoms with Gasteiger partial charge in [-0.3, -0.25) is 9.10 Å². The summed E-state index contributed by atoms with van der Waals surface area (Å²) >= 11 is 0. The van der Waals surface area contributed by atoms with Crippen LogP contribution in [0.25, 0.3) is 0 Å². The molecule has 0 aliphatic carbocycles. The highest BCUT2D eigenvalue weighted by Gasteiger charge is 2.29. The summed E-state index contributed by atoms with van der Waals surface area (Å²) in [5.74, 6) is -0.0354. The van der Waals surface area contributed by atoms with Gasteiger partial charge >= 0.3 is 0 Å². The molecule has 3 rings (SSSR count). The van der Waals surface area contributed by atoms with E-state index in [9.17, 15) is 21.6 Å². The van der Waals surface area contributed by atoms with Crippen LogP contribution < -0.4 is 19.1 Å². The number of hydrogen-bond donors (Lipinski definition) is 1. The molecule has 1 saturated heterocycles. The number of nitrogens with zero attached hydrogens (tertiary/aromatic N) is 2. The summed E-state index contributed by atoms with van der Waals surface area (Å²) in [4.78, 5) is 12.7. The summed E-state index contributed by atoms with van der Waals surface area (Å²) in [6.45, 7) is 0.337. The van der Waals surface area contributed by atoms with E-state index < -0.39 is 32.5 Å². The number of amides is 1. The van der Waals surface area contributed by atoms with Gasteiger partial charge in [0.15, 0.2) is 0 Å². The van der Waals surface area contributed by atoms with Crippen LogP contribution in [0.3, 0.4) is 0 Å². The first-order valence-corrected chi connectivity index (χ1v) is 13.9. The number of piperidine rings is 1. The first-order valence-electron chi connectivity index (χ1n) is 10.7. The van der Waals surface area contributed by atoms with Crippen LogP contribution in [0.4, 0.5) is 11.4 Å². The van der Waals surface area contributed by atoms with E-state index in [4.69, 9.17) is 9.47 Å². The van der Waals surface area contributed by atoms with Crippen LogP contribution in [0.15, 0.2) is 47.4 Å². The second-order valence-corrected chi connectivity index (χ2v) is 11.7. The van der Waals surface area contributed by atoms with Crippen molar-refractivity contribution in [3.8, 4) is 11.5 Å². The third-order valence-corrected chi connectivity index (χ3v) is 8.47. The maximum Gasteiger partial charge on any atom is 0.246 e. The van der Waals surface area contributed by atoms with Crippen LogP contribution in [-0.2, 0) is 24.8 Å². The van der Waals surface area contributed by atoms with E-state index >= 15 is 0 Å². The van der Waals surface area contributed by atoms with Crippen LogP contribution in [0.5, 0.6) is 11.5 Å². The fourth-order valence-electron chi connectivity index (χ4n) is 3.70. The molecule has 1 N–H and O–H groups in total. The zero-order valence-corrected chi connectivity index (χ0v) is 21.0. The lowest BCUT2D eigenvalue weighted by Crippen LogP contribution is -2.37. The lowest BCUT2D eigenvalue weighted by atomic mass is 10.2. The SMILES string of the molecule is COc1cccc(N(CC(=O)Nc2ccc(OC)c(S(=O)(=O)N3CCCCC3)c2)S(C)(=O)=O)c1. The van der Waals surface area contributed by atoms with Crippen LogP contribution in [-0.4, -0.2) is 67.2 Å². The van der Waals surface area contributed by atoms with E-state index in [2.05, 4.69) is 5.32 Å². The Morgan fingerprint density at radius 2 is 1.71 bits per heavy atom. The molecule has 1 aliphatic heterocycles. The number of methoxy groups -OCH3 is 2. The Bertz CT molecular complexity index is 1240. The van der Waals surface area contributed by atoms with Gasteiger partial charge in [0.2, 0.25) is 26.0 Å². The highest BCUT2D eigenvalue weighted by atomic mass is 32.2. The Morgan fingerprint density at radius 1 is 1.00 bits per heavy atom. The lowest BCUT2D eigenvalue weighted by Gasteiger charge is -2.27. The standard InChI is InChI=1S/C22H29N3O7S2/c1-31-19-9-7-8-18(15-19)25(33(3,27)28)16-22(26)23-17-10-11-20(32-2)21(14-17)34(29,30)24-12-5-4-6-13-24/h7-11,14-15H,4-6,12-13,16H2,1-3H3,(H,23,26). The molecule has 186 valence electrons. The molecule has 34 heavy (non-hydrogen) atoms. The molecule has 1 aliphatic rings. The Kier molecular flexibility index (Phi) is 8.05. The van der Waals surface area contributed by atoms with Crippen LogP contribution in [0.2, 0.25) is 0 Å². The van der Waals surface area contributed by atoms with Gasteiger partial charge in [0, 0.05) is 24.8 Å². The van der Waals surface area contributed by atoms with Gasteiger partial charge in [-0.15, -0.1) is 0 Å². The molecule has 2 aromatic rings. The highest BCUT2D eigenvalue weighted by Crippen LogP contribution is 2.31. The second-order valence-electron chi connectivity index (χ2n) is 7.85. The van der Waals surface area contributed by atoms with E-state index in [0.717, 1.165) is 29.8 Å². The number of sulfonamides is 2. The minimum absolute atomic E-state index is 0.0533. The third-order valence-electron chi connectivity index (χ3n) is 5.41. The van der Waals surface area contributed by atoms with E-state index in [0.29, 0.717) is 18.8 Å². The fourth-order valence-corrected chi connectivity index (χ4v) is 6.24. The normalized spacial score (nSPS) is 14.9. The van der Waals surface area contributed by atoms with Crippen molar-refractivity contribution < 1.29 is 31.1 Å². The highest BCUT2D eigenvalue weighted by molar-refractivity contribution is 7.92. The number of carbonyl (C=O) groups excluding carboxylic acids is 1. The molecular formula is C22H29N3O7S2. The summed E-state index contributed by atoms with van der Waals surface area (Å²) < 4.78 is 63.9. The van der Waals surface area contributed by atoms with Crippen LogP contribution in [0, 0.1) is 0 Å². The molecule has 12 heteroatoms. The number of ether oxygens (including phenoxy) is 2. The molecule has 1 heterocycles. The topological polar surface area (TPSA) is 122 Å². The van der Waals surface area contributed by atoms with Gasteiger partial charge in [-0.25, -0.2) is 16.8 Å². The van der Waals surface area contributed by atoms with Gasteiger partial charge in [-0.2, -0.15) is 4.31 Å². The average molecular weight is 512 g/mol. The number of carbonyl (C=O) groups is 1. The first-order chi connectivity index (χ1) is 16.1. The number of nitrogens with one attached hydrogen (secondary N) is 1.